The van der Waals surface area contributed by atoms with E-state index in [-0.39, 0.29) is 6.61 Å². The van der Waals surface area contributed by atoms with Gasteiger partial charge in [-0.05, 0) is 24.5 Å². The number of rotatable bonds is 6. The number of aliphatic hydroxyl groups excluding tert-OH is 1. The van der Waals surface area contributed by atoms with Crippen LogP contribution in [0.25, 0.3) is 5.69 Å². The molecule has 0 bridgehead atoms. The Labute approximate surface area is 124 Å². The summed E-state index contributed by atoms with van der Waals surface area (Å²) in [7, 11) is 3.22. The van der Waals surface area contributed by atoms with Crippen LogP contribution in [0.3, 0.4) is 0 Å². The van der Waals surface area contributed by atoms with Crippen molar-refractivity contribution in [1.82, 2.24) is 15.0 Å². The number of hydrogen-bond donors (Lipinski definition) is 1. The summed E-state index contributed by atoms with van der Waals surface area (Å²) in [4.78, 5) is 0. The lowest BCUT2D eigenvalue weighted by molar-refractivity contribution is 0.275. The number of benzene rings is 1. The van der Waals surface area contributed by atoms with Gasteiger partial charge in [-0.2, -0.15) is 0 Å². The molecule has 114 valence electrons. The summed E-state index contributed by atoms with van der Waals surface area (Å²) in [6.07, 6.45) is 0.767. The molecule has 0 unspecified atom stereocenters. The topological polar surface area (TPSA) is 69.4 Å². The standard InChI is InChI=1S/C15H21N3O3/c1-10(2)7-13-12(9-19)16-17-18(13)14-8-11(20-3)5-6-15(14)21-4/h5-6,8,10,19H,7,9H2,1-4H3. The molecule has 0 amide bonds. The highest BCUT2D eigenvalue weighted by molar-refractivity contribution is 5.51. The van der Waals surface area contributed by atoms with Crippen LogP contribution in [0.4, 0.5) is 0 Å². The van der Waals surface area contributed by atoms with Gasteiger partial charge in [-0.3, -0.25) is 0 Å². The molecule has 21 heavy (non-hydrogen) atoms. The Kier molecular flexibility index (Phi) is 4.80. The second kappa shape index (κ2) is 6.58. The fourth-order valence-electron chi connectivity index (χ4n) is 2.20. The third-order valence-corrected chi connectivity index (χ3v) is 3.21. The van der Waals surface area contributed by atoms with Crippen molar-refractivity contribution in [2.75, 3.05) is 14.2 Å². The minimum atomic E-state index is -0.131. The highest BCUT2D eigenvalue weighted by atomic mass is 16.5. The summed E-state index contributed by atoms with van der Waals surface area (Å²) in [6, 6.07) is 5.50. The van der Waals surface area contributed by atoms with E-state index in [1.165, 1.54) is 0 Å². The van der Waals surface area contributed by atoms with Crippen molar-refractivity contribution < 1.29 is 14.6 Å². The van der Waals surface area contributed by atoms with Crippen LogP contribution in [0.1, 0.15) is 25.2 Å². The van der Waals surface area contributed by atoms with Crippen molar-refractivity contribution in [3.05, 3.63) is 29.6 Å². The minimum Gasteiger partial charge on any atom is -0.497 e. The summed E-state index contributed by atoms with van der Waals surface area (Å²) in [5.41, 5.74) is 2.23. The Morgan fingerprint density at radius 2 is 2.00 bits per heavy atom. The molecular formula is C15H21N3O3. The summed E-state index contributed by atoms with van der Waals surface area (Å²) in [6.45, 7) is 4.09. The van der Waals surface area contributed by atoms with Crippen molar-refractivity contribution in [1.29, 1.82) is 0 Å². The zero-order chi connectivity index (χ0) is 15.4. The van der Waals surface area contributed by atoms with Crippen LogP contribution < -0.4 is 9.47 Å². The number of methoxy groups -OCH3 is 2. The van der Waals surface area contributed by atoms with E-state index in [0.29, 0.717) is 23.1 Å². The smallest absolute Gasteiger partial charge is 0.144 e. The van der Waals surface area contributed by atoms with E-state index >= 15 is 0 Å². The SMILES string of the molecule is COc1ccc(OC)c(-n2nnc(CO)c2CC(C)C)c1. The third kappa shape index (κ3) is 3.16. The number of aromatic nitrogens is 3. The van der Waals surface area contributed by atoms with Crippen LogP contribution in [-0.2, 0) is 13.0 Å². The first-order valence-corrected chi connectivity index (χ1v) is 6.87. The van der Waals surface area contributed by atoms with Crippen LogP contribution >= 0.6 is 0 Å². The second-order valence-corrected chi connectivity index (χ2v) is 5.19. The average molecular weight is 291 g/mol. The van der Waals surface area contributed by atoms with Gasteiger partial charge in [-0.1, -0.05) is 19.1 Å². The normalized spacial score (nSPS) is 11.0. The Balaban J connectivity index is 2.57. The molecular weight excluding hydrogens is 270 g/mol. The van der Waals surface area contributed by atoms with Gasteiger partial charge in [0.05, 0.1) is 26.5 Å². The molecule has 1 heterocycles. The molecule has 1 N–H and O–H groups in total. The molecule has 2 rings (SSSR count). The van der Waals surface area contributed by atoms with Gasteiger partial charge in [0.25, 0.3) is 0 Å². The molecule has 1 aromatic heterocycles. The van der Waals surface area contributed by atoms with Crippen molar-refractivity contribution in [3.8, 4) is 17.2 Å². The third-order valence-electron chi connectivity index (χ3n) is 3.21. The fourth-order valence-corrected chi connectivity index (χ4v) is 2.20. The number of ether oxygens (including phenoxy) is 2. The Morgan fingerprint density at radius 1 is 1.24 bits per heavy atom. The van der Waals surface area contributed by atoms with Gasteiger partial charge in [0, 0.05) is 6.07 Å². The molecule has 0 spiro atoms. The molecule has 0 fully saturated rings. The lowest BCUT2D eigenvalue weighted by Gasteiger charge is -2.13. The molecule has 0 aliphatic rings. The number of hydrogen-bond acceptors (Lipinski definition) is 5. The lowest BCUT2D eigenvalue weighted by Crippen LogP contribution is -2.08. The van der Waals surface area contributed by atoms with Gasteiger partial charge < -0.3 is 14.6 Å². The molecule has 1 aromatic carbocycles. The molecule has 6 heteroatoms. The van der Waals surface area contributed by atoms with E-state index in [4.69, 9.17) is 9.47 Å². The molecule has 0 saturated carbocycles. The van der Waals surface area contributed by atoms with Crippen LogP contribution in [-0.4, -0.2) is 34.3 Å². The first kappa shape index (κ1) is 15.3. The minimum absolute atomic E-state index is 0.131. The van der Waals surface area contributed by atoms with Gasteiger partial charge in [-0.25, -0.2) is 4.68 Å². The van der Waals surface area contributed by atoms with E-state index < -0.39 is 0 Å². The predicted molar refractivity (Wildman–Crippen MR) is 78.9 cm³/mol. The van der Waals surface area contributed by atoms with Crippen molar-refractivity contribution in [2.24, 2.45) is 5.92 Å². The van der Waals surface area contributed by atoms with E-state index in [1.54, 1.807) is 18.9 Å². The molecule has 0 aliphatic heterocycles. The fraction of sp³-hybridized carbons (Fsp3) is 0.467. The van der Waals surface area contributed by atoms with Gasteiger partial charge in [0.1, 0.15) is 22.9 Å². The van der Waals surface area contributed by atoms with Gasteiger partial charge in [-0.15, -0.1) is 5.10 Å². The first-order valence-electron chi connectivity index (χ1n) is 6.87. The monoisotopic (exact) mass is 291 g/mol. The van der Waals surface area contributed by atoms with Crippen LogP contribution in [0.15, 0.2) is 18.2 Å². The van der Waals surface area contributed by atoms with Crippen molar-refractivity contribution in [3.63, 3.8) is 0 Å². The lowest BCUT2D eigenvalue weighted by atomic mass is 10.1. The van der Waals surface area contributed by atoms with E-state index in [1.807, 2.05) is 18.2 Å². The molecule has 0 aliphatic carbocycles. The van der Waals surface area contributed by atoms with Gasteiger partial charge in [0.15, 0.2) is 0 Å². The molecule has 0 atom stereocenters. The Morgan fingerprint density at radius 3 is 2.57 bits per heavy atom. The zero-order valence-electron chi connectivity index (χ0n) is 12.8. The maximum Gasteiger partial charge on any atom is 0.144 e. The average Bonchev–Trinajstić information content (AvgIpc) is 2.88. The molecule has 0 radical (unpaired) electrons. The zero-order valence-corrected chi connectivity index (χ0v) is 12.8. The predicted octanol–water partition coefficient (Wildman–Crippen LogP) is 1.98. The van der Waals surface area contributed by atoms with Crippen LogP contribution in [0.2, 0.25) is 0 Å². The summed E-state index contributed by atoms with van der Waals surface area (Å²) in [5.74, 6) is 1.81. The van der Waals surface area contributed by atoms with E-state index in [0.717, 1.165) is 17.8 Å². The largest absolute Gasteiger partial charge is 0.497 e. The molecule has 2 aromatic rings. The Bertz CT molecular complexity index is 608. The summed E-state index contributed by atoms with van der Waals surface area (Å²) in [5, 5.41) is 17.7. The molecule has 0 saturated heterocycles. The number of aliphatic hydroxyl groups is 1. The van der Waals surface area contributed by atoms with Gasteiger partial charge in [0.2, 0.25) is 0 Å². The number of nitrogens with zero attached hydrogens (tertiary/aromatic N) is 3. The maximum absolute atomic E-state index is 9.45. The van der Waals surface area contributed by atoms with Crippen LogP contribution in [0.5, 0.6) is 11.5 Å². The maximum atomic E-state index is 9.45. The quantitative estimate of drug-likeness (QED) is 0.881. The van der Waals surface area contributed by atoms with E-state index in [9.17, 15) is 5.11 Å². The second-order valence-electron chi connectivity index (χ2n) is 5.19. The highest BCUT2D eigenvalue weighted by Gasteiger charge is 2.18. The molecule has 6 nitrogen and oxygen atoms in total. The van der Waals surface area contributed by atoms with Crippen LogP contribution in [0, 0.1) is 5.92 Å². The van der Waals surface area contributed by atoms with Crippen molar-refractivity contribution >= 4 is 0 Å². The first-order chi connectivity index (χ1) is 10.1. The highest BCUT2D eigenvalue weighted by Crippen LogP contribution is 2.29. The van der Waals surface area contributed by atoms with Gasteiger partial charge >= 0.3 is 0 Å². The van der Waals surface area contributed by atoms with E-state index in [2.05, 4.69) is 24.2 Å². The summed E-state index contributed by atoms with van der Waals surface area (Å²) >= 11 is 0. The summed E-state index contributed by atoms with van der Waals surface area (Å²) < 4.78 is 12.4. The Hall–Kier alpha value is -2.08. The van der Waals surface area contributed by atoms with Crippen molar-refractivity contribution in [2.45, 2.75) is 26.9 Å².